The third-order valence-corrected chi connectivity index (χ3v) is 19.8. The van der Waals surface area contributed by atoms with Crippen molar-refractivity contribution in [2.24, 2.45) is 10.8 Å². The number of benzene rings is 7. The number of fused-ring (bicyclic) bond motifs is 9. The molecule has 4 heteroatoms. The summed E-state index contributed by atoms with van der Waals surface area (Å²) >= 11 is 0. The van der Waals surface area contributed by atoms with Gasteiger partial charge in [-0.05, 0) is 205 Å². The van der Waals surface area contributed by atoms with Crippen molar-refractivity contribution in [2.75, 3.05) is 14.7 Å². The monoisotopic (exact) mass is 1000 g/mol. The summed E-state index contributed by atoms with van der Waals surface area (Å²) in [6, 6.07) is 52.2. The van der Waals surface area contributed by atoms with Crippen LogP contribution in [0.5, 0.6) is 0 Å². The fraction of sp³-hybridized carbons (Fsp3) is 0.417. The lowest BCUT2D eigenvalue weighted by molar-refractivity contribution is 0.195. The molecular weight excluding hydrogens is 918 g/mol. The Morgan fingerprint density at radius 1 is 0.408 bits per heavy atom. The summed E-state index contributed by atoms with van der Waals surface area (Å²) in [6.45, 7) is 36.3. The zero-order valence-electron chi connectivity index (χ0n) is 48.7. The molecular formula is C72H82BN3. The van der Waals surface area contributed by atoms with Crippen molar-refractivity contribution in [3.63, 3.8) is 0 Å². The first-order valence-electron chi connectivity index (χ1n) is 29.1. The van der Waals surface area contributed by atoms with E-state index in [1.54, 1.807) is 0 Å². The molecule has 7 aromatic rings. The summed E-state index contributed by atoms with van der Waals surface area (Å²) in [7, 11) is 0. The first-order valence-corrected chi connectivity index (χ1v) is 29.1. The van der Waals surface area contributed by atoms with Gasteiger partial charge in [-0.15, -0.1) is 0 Å². The lowest BCUT2D eigenvalue weighted by atomic mass is 9.33. The number of rotatable bonds is 4. The van der Waals surface area contributed by atoms with E-state index in [4.69, 9.17) is 0 Å². The van der Waals surface area contributed by atoms with Gasteiger partial charge in [0.2, 0.25) is 0 Å². The summed E-state index contributed by atoms with van der Waals surface area (Å²) in [4.78, 5) is 8.30. The van der Waals surface area contributed by atoms with Gasteiger partial charge in [-0.25, -0.2) is 0 Å². The van der Waals surface area contributed by atoms with Crippen LogP contribution in [0.25, 0.3) is 11.1 Å². The Morgan fingerprint density at radius 3 is 1.62 bits per heavy atom. The standard InChI is InChI=1S/C72H82BN3/c1-66(2,3)51-25-21-45(22-26-51)46-24-30-60-57(34-46)71(14)31-16-17-32-72(71,15)76(60)56-39-63-65-64(40-56)75(55-28-23-47-41-69(10,11)42-48(47)33-55)61-36-50-44-70(12,13)43-49(50)35-59(61)73(65)58-29-27-53(68(7,8)9)38-62(58)74(63)54-20-18-19-52(37-54)67(4,5)6/h18-30,33-40H,16-17,31-32,41-44H2,1-15H3. The summed E-state index contributed by atoms with van der Waals surface area (Å²) in [6.07, 6.45) is 9.19. The predicted octanol–water partition coefficient (Wildman–Crippen LogP) is 17.3. The van der Waals surface area contributed by atoms with Crippen LogP contribution in [0.3, 0.4) is 0 Å². The number of nitrogens with zero attached hydrogens (tertiary/aromatic N) is 3. The number of hydrogen-bond acceptors (Lipinski definition) is 3. The van der Waals surface area contributed by atoms with E-state index < -0.39 is 0 Å². The molecule has 2 unspecified atom stereocenters. The van der Waals surface area contributed by atoms with Crippen molar-refractivity contribution >= 4 is 68.6 Å². The Labute approximate surface area is 457 Å². The topological polar surface area (TPSA) is 9.72 Å². The van der Waals surface area contributed by atoms with Crippen LogP contribution >= 0.6 is 0 Å². The average molecular weight is 1000 g/mol. The van der Waals surface area contributed by atoms with Crippen molar-refractivity contribution in [3.05, 3.63) is 172 Å². The maximum atomic E-state index is 2.86. The van der Waals surface area contributed by atoms with Gasteiger partial charge in [0, 0.05) is 50.9 Å². The second-order valence-corrected chi connectivity index (χ2v) is 29.7. The highest BCUT2D eigenvalue weighted by molar-refractivity contribution is 7.00. The maximum Gasteiger partial charge on any atom is 0.252 e. The molecule has 0 amide bonds. The highest BCUT2D eigenvalue weighted by atomic mass is 15.3. The molecule has 388 valence electrons. The zero-order chi connectivity index (χ0) is 53.4. The van der Waals surface area contributed by atoms with E-state index in [2.05, 4.69) is 246 Å². The highest BCUT2D eigenvalue weighted by Crippen LogP contribution is 2.62. The molecule has 2 atom stereocenters. The van der Waals surface area contributed by atoms with Crippen LogP contribution in [0, 0.1) is 10.8 Å². The van der Waals surface area contributed by atoms with Crippen molar-refractivity contribution in [1.29, 1.82) is 0 Å². The van der Waals surface area contributed by atoms with Crippen LogP contribution in [-0.4, -0.2) is 12.3 Å². The minimum Gasteiger partial charge on any atom is -0.334 e. The minimum absolute atomic E-state index is 0.0233. The first kappa shape index (κ1) is 49.6. The molecule has 0 bridgehead atoms. The Hall–Kier alpha value is -6.00. The molecule has 0 N–H and O–H groups in total. The van der Waals surface area contributed by atoms with Gasteiger partial charge >= 0.3 is 0 Å². The van der Waals surface area contributed by atoms with E-state index in [9.17, 15) is 0 Å². The zero-order valence-corrected chi connectivity index (χ0v) is 48.7. The number of anilines is 8. The van der Waals surface area contributed by atoms with Crippen LogP contribution in [0.1, 0.15) is 174 Å². The highest BCUT2D eigenvalue weighted by Gasteiger charge is 2.58. The van der Waals surface area contributed by atoms with Gasteiger partial charge in [0.15, 0.2) is 0 Å². The lowest BCUT2D eigenvalue weighted by Gasteiger charge is -2.51. The Morgan fingerprint density at radius 2 is 0.961 bits per heavy atom. The molecule has 0 radical (unpaired) electrons. The smallest absolute Gasteiger partial charge is 0.252 e. The molecule has 3 nitrogen and oxygen atoms in total. The van der Waals surface area contributed by atoms with Gasteiger partial charge in [0.1, 0.15) is 0 Å². The Bertz CT molecular complexity index is 3550. The Balaban J connectivity index is 1.12. The quantitative estimate of drug-likeness (QED) is 0.163. The average Bonchev–Trinajstić information content (AvgIpc) is 4.05. The van der Waals surface area contributed by atoms with Crippen molar-refractivity contribution < 1.29 is 0 Å². The number of hydrogen-bond donors (Lipinski definition) is 0. The summed E-state index contributed by atoms with van der Waals surface area (Å²) < 4.78 is 0. The van der Waals surface area contributed by atoms with Gasteiger partial charge in [-0.1, -0.05) is 177 Å². The van der Waals surface area contributed by atoms with Gasteiger partial charge in [0.05, 0.1) is 5.54 Å². The summed E-state index contributed by atoms with van der Waals surface area (Å²) in [5.41, 5.74) is 29.2. The molecule has 6 aliphatic rings. The predicted molar refractivity (Wildman–Crippen MR) is 327 cm³/mol. The largest absolute Gasteiger partial charge is 0.334 e. The summed E-state index contributed by atoms with van der Waals surface area (Å²) in [5, 5.41) is 0. The molecule has 1 fully saturated rings. The van der Waals surface area contributed by atoms with Crippen molar-refractivity contribution in [1.82, 2.24) is 0 Å². The van der Waals surface area contributed by atoms with Crippen LogP contribution in [0.2, 0.25) is 0 Å². The molecule has 0 spiro atoms. The van der Waals surface area contributed by atoms with Gasteiger partial charge < -0.3 is 14.7 Å². The molecule has 3 heterocycles. The summed E-state index contributed by atoms with van der Waals surface area (Å²) in [5.74, 6) is 0. The van der Waals surface area contributed by atoms with E-state index in [1.807, 2.05) is 0 Å². The van der Waals surface area contributed by atoms with Gasteiger partial charge in [-0.3, -0.25) is 0 Å². The van der Waals surface area contributed by atoms with Gasteiger partial charge in [0.25, 0.3) is 6.71 Å². The van der Waals surface area contributed by atoms with Crippen LogP contribution in [0.4, 0.5) is 45.5 Å². The molecule has 0 saturated heterocycles. The van der Waals surface area contributed by atoms with E-state index in [0.29, 0.717) is 0 Å². The minimum atomic E-state index is -0.158. The second-order valence-electron chi connectivity index (χ2n) is 29.7. The second kappa shape index (κ2) is 16.3. The SMILES string of the molecule is CC1(C)Cc2ccc(N3c4cc5c(cc4B4c6ccc(C(C)(C)C)cc6N(c6cccc(C(C)(C)C)c6)c6cc(N7c8ccc(-c9ccc(C(C)(C)C)cc9)cc8C8(C)CCCCC78C)cc3c64)CC(C)(C)C5)cc2C1. The van der Waals surface area contributed by atoms with E-state index in [-0.39, 0.29) is 44.7 Å². The third kappa shape index (κ3) is 7.56. The fourth-order valence-electron chi connectivity index (χ4n) is 15.5. The molecule has 76 heavy (non-hydrogen) atoms. The van der Waals surface area contributed by atoms with Crippen molar-refractivity contribution in [2.45, 2.75) is 182 Å². The molecule has 7 aromatic carbocycles. The molecule has 3 aliphatic heterocycles. The molecule has 3 aliphatic carbocycles. The first-order chi connectivity index (χ1) is 35.7. The molecule has 1 saturated carbocycles. The van der Waals surface area contributed by atoms with E-state index in [0.717, 1.165) is 32.1 Å². The molecule has 13 rings (SSSR count). The Kier molecular flexibility index (Phi) is 10.6. The van der Waals surface area contributed by atoms with Crippen molar-refractivity contribution in [3.8, 4) is 11.1 Å². The van der Waals surface area contributed by atoms with Crippen LogP contribution in [0.15, 0.2) is 127 Å². The molecule has 0 aromatic heterocycles. The van der Waals surface area contributed by atoms with E-state index >= 15 is 0 Å². The van der Waals surface area contributed by atoms with Gasteiger partial charge in [-0.2, -0.15) is 0 Å². The fourth-order valence-corrected chi connectivity index (χ4v) is 15.5. The van der Waals surface area contributed by atoms with E-state index in [1.165, 1.54) is 137 Å². The lowest BCUT2D eigenvalue weighted by Crippen LogP contribution is -2.61. The maximum absolute atomic E-state index is 2.86. The third-order valence-electron chi connectivity index (χ3n) is 19.8. The van der Waals surface area contributed by atoms with Crippen LogP contribution in [-0.2, 0) is 47.3 Å². The van der Waals surface area contributed by atoms with Crippen LogP contribution < -0.4 is 31.1 Å². The normalized spacial score (nSPS) is 21.7.